The Kier molecular flexibility index (Phi) is 41.0. The quantitative estimate of drug-likeness (QED) is 0.00361. The molecule has 0 spiro atoms. The summed E-state index contributed by atoms with van der Waals surface area (Å²) in [5.74, 6) is -0.389. The average molecular weight is 2130 g/mol. The van der Waals surface area contributed by atoms with Gasteiger partial charge >= 0.3 is 64.1 Å². The molecular formula is C63H94F4N30O35P6S. The second-order valence-corrected chi connectivity index (χ2v) is 39.3. The van der Waals surface area contributed by atoms with Crippen molar-refractivity contribution in [3.63, 3.8) is 0 Å². The maximum Gasteiger partial charge on any atom is 0.541 e. The Hall–Kier alpha value is -11.8. The lowest BCUT2D eigenvalue weighted by molar-refractivity contribution is -0.219. The SMILES string of the molecule is CC(C)OC(=O)OCOP(=O)(COC(C)Cn1cnc2c(=O)[nH]c(N)nc21)OOC(=O)OC(C)C.CC(Cn1cnc2c(=O)[nH]c(N)nc21)OCP(=O)(O)O.CC(Cn1cnc2c(=S)nc(N)[nH]c21)OCP(=O)(O)O.Nc1nc2c(ncn2CC(CF)OCP(=O)(O)O)c(=O)[nH]1.Nc1nc2c(ncn2CC(OCP(=O)(O)O)C(F)(F)F)c(=O)[nH]1.Nc1nc2c(ncn2CCCOCP(=O)(O)O)c(=O)[nH]1. The Labute approximate surface area is 777 Å². The van der Waals surface area contributed by atoms with Crippen molar-refractivity contribution in [2.24, 2.45) is 0 Å². The third-order valence-electron chi connectivity index (χ3n) is 16.4. The van der Waals surface area contributed by atoms with Crippen molar-refractivity contribution in [2.75, 3.05) is 92.6 Å². The molecule has 6 atom stereocenters. The predicted octanol–water partition coefficient (Wildman–Crippen LogP) is 0.360. The highest BCUT2D eigenvalue weighted by Gasteiger charge is 2.43. The number of imidazole rings is 6. The molecule has 0 saturated carbocycles. The average Bonchev–Trinajstić information content (AvgIpc) is 1.66. The summed E-state index contributed by atoms with van der Waals surface area (Å²) in [5.41, 5.74) is 32.3. The number of rotatable bonds is 39. The highest BCUT2D eigenvalue weighted by Crippen LogP contribution is 2.49. The Bertz CT molecular complexity index is 6780. The van der Waals surface area contributed by atoms with Crippen LogP contribution in [0.1, 0.15) is 54.9 Å². The van der Waals surface area contributed by atoms with E-state index in [2.05, 4.69) is 109 Å². The van der Waals surface area contributed by atoms with Gasteiger partial charge in [-0.3, -0.25) is 85.7 Å². The normalized spacial score (nSPS) is 13.7. The molecule has 139 heavy (non-hydrogen) atoms. The molecule has 770 valence electrons. The number of carbonyl (C=O) groups is 2. The highest BCUT2D eigenvalue weighted by molar-refractivity contribution is 7.71. The number of aromatic nitrogens is 24. The molecule has 0 saturated heterocycles. The molecule has 0 fully saturated rings. The van der Waals surface area contributed by atoms with E-state index in [1.807, 2.05) is 0 Å². The van der Waals surface area contributed by atoms with Crippen LogP contribution < -0.4 is 62.2 Å². The van der Waals surface area contributed by atoms with Gasteiger partial charge in [0.05, 0.1) is 101 Å². The van der Waals surface area contributed by atoms with Crippen LogP contribution in [0.3, 0.4) is 0 Å². The van der Waals surface area contributed by atoms with Crippen LogP contribution in [-0.4, -0.2) is 285 Å². The lowest BCUT2D eigenvalue weighted by atomic mass is 10.3. The van der Waals surface area contributed by atoms with Crippen molar-refractivity contribution >= 4 is 173 Å². The lowest BCUT2D eigenvalue weighted by Crippen LogP contribution is -2.36. The standard InChI is InChI=1S/C18H28N5O11P.C9H11F3N5O5P.C9H13FN5O5P.2C9H14N5O5P.C9H14N5O4PS/c1-10(2)31-17(25)28-8-30-35(27,34-33-18(26)32-11(3)4)9-29-12(5)6-23-7-20-13-14(23)21-16(19)22-15(13)24;10-9(11,12)4(22-3-23(19,20)21)1-17-2-14-5-6(17)15-8(13)16-7(5)18;10-1-5(20-4-21(17,18)19)2-15-3-12-6-7(15)13-9(11)14-8(6)16;1-5(19-4-20(16,17)18)2-14-3-11-6-7(14)12-9(10)13-8(6)15;10-9-12-7-6(8(15)13-9)11-4-14(7)2-1-3-19-5-20(16,17)18;1-5(18-4-19(15,16)17)2-14-3-11-6-7(14)12-9(10)13-8(6)20/h7,10-12H,6,8-9H2,1-5H3,(H3,19,21,22,24);2,4H,1,3H2,(H2,19,20,21)(H3,13,15,16,18);3,5H,1-2,4H2,(H2,17,18,19)(H3,11,13,14,16);3,5H,2,4H2,1H3,(H2,16,17,18)(H3,10,12,13,15);4H,1-3,5H2,(H2,16,17,18)(H3,10,12,13,15);3,5H,2,4H2,1H3,(H2,15,16,17)(H3,10,12,13,20). The van der Waals surface area contributed by atoms with Crippen LogP contribution in [0.25, 0.3) is 67.0 Å². The molecule has 12 aromatic rings. The number of alkyl halides is 4. The first kappa shape index (κ1) is 114. The highest BCUT2D eigenvalue weighted by atomic mass is 32.1. The Morgan fingerprint density at radius 2 is 0.748 bits per heavy atom. The van der Waals surface area contributed by atoms with Crippen LogP contribution in [0.5, 0.6) is 0 Å². The summed E-state index contributed by atoms with van der Waals surface area (Å²) in [6.45, 7) is 9.70. The van der Waals surface area contributed by atoms with Crippen molar-refractivity contribution in [1.82, 2.24) is 117 Å². The number of hydrogen-bond acceptors (Lipinski definition) is 44. The van der Waals surface area contributed by atoms with E-state index in [4.69, 9.17) is 133 Å². The second kappa shape index (κ2) is 49.9. The predicted molar refractivity (Wildman–Crippen MR) is 473 cm³/mol. The zero-order valence-corrected chi connectivity index (χ0v) is 79.3. The molecule has 0 radical (unpaired) electrons. The number of nitrogens with two attached hydrogens (primary N) is 6. The van der Waals surface area contributed by atoms with Gasteiger partial charge in [0.2, 0.25) is 36.5 Å². The van der Waals surface area contributed by atoms with Gasteiger partial charge in [-0.05, 0) is 54.9 Å². The first-order chi connectivity index (χ1) is 64.5. The molecule has 0 aliphatic heterocycles. The zero-order chi connectivity index (χ0) is 104. The van der Waals surface area contributed by atoms with Crippen LogP contribution in [0.2, 0.25) is 0 Å². The van der Waals surface area contributed by atoms with Gasteiger partial charge < -0.3 is 158 Å². The van der Waals surface area contributed by atoms with Crippen molar-refractivity contribution < 1.29 is 160 Å². The monoisotopic (exact) mass is 2120 g/mol. The minimum atomic E-state index is -4.90. The van der Waals surface area contributed by atoms with Crippen molar-refractivity contribution in [2.45, 2.75) is 143 Å². The van der Waals surface area contributed by atoms with E-state index in [1.165, 1.54) is 45.3 Å². The molecular weight excluding hydrogens is 2030 g/mol. The topological polar surface area (TPSA) is 970 Å². The first-order valence-electron chi connectivity index (χ1n) is 38.9. The minimum absolute atomic E-state index is 0.00185. The summed E-state index contributed by atoms with van der Waals surface area (Å²) < 4.78 is 180. The Morgan fingerprint density at radius 3 is 1.13 bits per heavy atom. The number of anilines is 6. The smallest absolute Gasteiger partial charge is 0.432 e. The molecule has 12 rings (SSSR count). The van der Waals surface area contributed by atoms with Gasteiger partial charge in [-0.2, -0.15) is 38.1 Å². The number of halogens is 4. The van der Waals surface area contributed by atoms with Crippen molar-refractivity contribution in [1.29, 1.82) is 0 Å². The molecule has 0 aliphatic rings. The fraction of sp³-hybridized carbons (Fsp3) is 0.492. The molecule has 0 bridgehead atoms. The molecule has 0 aromatic carbocycles. The Balaban J connectivity index is 0.000000230. The summed E-state index contributed by atoms with van der Waals surface area (Å²) >= 11 is 5.05. The number of carbonyl (C=O) groups excluding carboxylic acids is 2. The molecule has 65 nitrogen and oxygen atoms in total. The van der Waals surface area contributed by atoms with Gasteiger partial charge in [0.1, 0.15) is 55.7 Å². The number of hydrogen-bond donors (Lipinski definition) is 22. The molecule has 28 N–H and O–H groups in total. The van der Waals surface area contributed by atoms with E-state index in [0.717, 1.165) is 10.9 Å². The van der Waals surface area contributed by atoms with Gasteiger partial charge in [-0.25, -0.2) is 48.9 Å². The summed E-state index contributed by atoms with van der Waals surface area (Å²) in [5, 5.41) is 0. The number of fused-ring (bicyclic) bond motifs is 6. The molecule has 0 amide bonds. The fourth-order valence-electron chi connectivity index (χ4n) is 10.8. The minimum Gasteiger partial charge on any atom is -0.432 e. The van der Waals surface area contributed by atoms with Crippen LogP contribution >= 0.6 is 57.8 Å². The summed E-state index contributed by atoms with van der Waals surface area (Å²) in [7, 11) is -26.0. The zero-order valence-electron chi connectivity index (χ0n) is 73.1. The summed E-state index contributed by atoms with van der Waals surface area (Å²) in [4.78, 5) is 234. The largest absolute Gasteiger partial charge is 0.541 e. The number of nitrogen functional groups attached to an aromatic ring is 6. The lowest BCUT2D eigenvalue weighted by Gasteiger charge is -2.21. The summed E-state index contributed by atoms with van der Waals surface area (Å²) in [6, 6.07) is 0. The van der Waals surface area contributed by atoms with E-state index >= 15 is 0 Å². The van der Waals surface area contributed by atoms with Crippen LogP contribution in [0.15, 0.2) is 61.9 Å². The molecule has 12 heterocycles. The fourth-order valence-corrected chi connectivity index (χ4v) is 14.1. The van der Waals surface area contributed by atoms with Gasteiger partial charge in [0.25, 0.3) is 27.8 Å². The van der Waals surface area contributed by atoms with Gasteiger partial charge in [0.15, 0.2) is 78.9 Å². The number of aryl methyl sites for hydroxylation is 1. The van der Waals surface area contributed by atoms with Crippen LogP contribution in [0, 0.1) is 4.64 Å². The number of ether oxygens (including phenoxy) is 9. The number of aromatic amines is 6. The van der Waals surface area contributed by atoms with E-state index in [9.17, 15) is 78.5 Å². The molecule has 76 heteroatoms. The van der Waals surface area contributed by atoms with Crippen LogP contribution in [0.4, 0.5) is 62.8 Å². The first-order valence-corrected chi connectivity index (χ1v) is 50.1. The van der Waals surface area contributed by atoms with E-state index in [-0.39, 0.29) is 112 Å². The van der Waals surface area contributed by atoms with Gasteiger partial charge in [-0.15, -0.1) is 0 Å². The maximum atomic E-state index is 13.0. The number of H-pyrrole nitrogens is 6. The number of nitrogens with zero attached hydrogens (tertiary/aromatic N) is 18. The van der Waals surface area contributed by atoms with Gasteiger partial charge in [-0.1, -0.05) is 16.9 Å². The van der Waals surface area contributed by atoms with Crippen LogP contribution in [-0.2, 0) is 123 Å². The van der Waals surface area contributed by atoms with E-state index in [1.54, 1.807) is 57.6 Å². The molecule has 12 aromatic heterocycles. The van der Waals surface area contributed by atoms with E-state index in [0.29, 0.717) is 41.0 Å². The maximum absolute atomic E-state index is 13.0. The summed E-state index contributed by atoms with van der Waals surface area (Å²) in [6.07, 6.45) is -9.98. The third-order valence-corrected chi connectivity index (χ3v) is 20.4. The van der Waals surface area contributed by atoms with Gasteiger partial charge in [0, 0.05) is 13.2 Å². The Morgan fingerprint density at radius 1 is 0.424 bits per heavy atom. The van der Waals surface area contributed by atoms with Crippen molar-refractivity contribution in [3.05, 3.63) is 94.4 Å². The molecule has 6 unspecified atom stereocenters. The van der Waals surface area contributed by atoms with Crippen molar-refractivity contribution in [3.8, 4) is 0 Å². The third kappa shape index (κ3) is 38.1. The number of nitrogens with one attached hydrogen (secondary N) is 6. The molecule has 0 aliphatic carbocycles. The van der Waals surface area contributed by atoms with E-state index < -0.39 is 193 Å². The second-order valence-electron chi connectivity index (χ2n) is 29.1.